The second-order valence-electron chi connectivity index (χ2n) is 8.74. The van der Waals surface area contributed by atoms with Crippen molar-refractivity contribution in [3.05, 3.63) is 48.0 Å². The van der Waals surface area contributed by atoms with Crippen LogP contribution >= 0.6 is 0 Å². The zero-order valence-electron chi connectivity index (χ0n) is 19.5. The van der Waals surface area contributed by atoms with Crippen LogP contribution in [0.1, 0.15) is 12.5 Å². The number of aryl methyl sites for hydroxylation is 1. The Hall–Kier alpha value is -2.99. The lowest BCUT2D eigenvalue weighted by atomic mass is 10.1. The van der Waals surface area contributed by atoms with Crippen molar-refractivity contribution >= 4 is 43.2 Å². The van der Waals surface area contributed by atoms with Crippen molar-refractivity contribution < 1.29 is 27.9 Å². The quantitative estimate of drug-likeness (QED) is 0.441. The molecule has 2 saturated heterocycles. The van der Waals surface area contributed by atoms with E-state index < -0.39 is 39.9 Å². The number of nitrogens with one attached hydrogen (secondary N) is 2. The highest BCUT2D eigenvalue weighted by Crippen LogP contribution is 2.36. The highest BCUT2D eigenvalue weighted by molar-refractivity contribution is 8.01. The number of hydrogen-bond donors (Lipinski definition) is 3. The molecule has 0 spiro atoms. The first-order chi connectivity index (χ1) is 16.7. The highest BCUT2D eigenvalue weighted by atomic mass is 32.2. The van der Waals surface area contributed by atoms with Gasteiger partial charge >= 0.3 is 0 Å². The Labute approximate surface area is 202 Å². The van der Waals surface area contributed by atoms with E-state index >= 15 is 0 Å². The maximum atomic E-state index is 14.1. The Kier molecular flexibility index (Phi) is 6.26. The molecule has 0 saturated carbocycles. The number of hydrogen-bond acceptors (Lipinski definition) is 8. The molecule has 3 heterocycles. The Morgan fingerprint density at radius 1 is 1.20 bits per heavy atom. The fourth-order valence-corrected chi connectivity index (χ4v) is 5.07. The predicted octanol–water partition coefficient (Wildman–Crippen LogP) is 2.79. The van der Waals surface area contributed by atoms with Crippen molar-refractivity contribution in [3.63, 3.8) is 0 Å². The van der Waals surface area contributed by atoms with E-state index in [4.69, 9.17) is 14.2 Å². The summed E-state index contributed by atoms with van der Waals surface area (Å²) < 4.78 is 47.0. The number of aromatic nitrogens is 2. The van der Waals surface area contributed by atoms with E-state index in [1.54, 1.807) is 24.6 Å². The van der Waals surface area contributed by atoms with Gasteiger partial charge in [0.2, 0.25) is 0 Å². The smallest absolute Gasteiger partial charge is 0.151 e. The number of nitrogens with zero attached hydrogens (tertiary/aromatic N) is 2. The number of aliphatic hydroxyl groups excluding tert-OH is 1. The van der Waals surface area contributed by atoms with Gasteiger partial charge in [0.1, 0.15) is 42.0 Å². The summed E-state index contributed by atoms with van der Waals surface area (Å²) in [5.41, 5.74) is 2.71. The van der Waals surface area contributed by atoms with Gasteiger partial charge < -0.3 is 29.4 Å². The standard InChI is InChI=1S/C24H27FN4O5S/c1-4-35(3,31)29-15-7-13(2)21-17(9-15)26-12-27-24(21)28-16-6-5-14(25)8-19(16)34-20-11-33-22-18(30)10-32-23(20)22/h4-9,12,18,20,22-23,30H,10-11H2,1-3H3,(H,29,31)(H,26,27,28). The fraction of sp³-hybridized carbons (Fsp3) is 0.375. The van der Waals surface area contributed by atoms with Gasteiger partial charge in [0, 0.05) is 33.1 Å². The van der Waals surface area contributed by atoms with E-state index in [-0.39, 0.29) is 19.0 Å². The van der Waals surface area contributed by atoms with Gasteiger partial charge in [-0.1, -0.05) is 0 Å². The summed E-state index contributed by atoms with van der Waals surface area (Å²) in [5.74, 6) is 0.336. The summed E-state index contributed by atoms with van der Waals surface area (Å²) in [4.78, 5) is 8.79. The topological polar surface area (TPSA) is 115 Å². The van der Waals surface area contributed by atoms with E-state index in [1.807, 2.05) is 19.1 Å². The summed E-state index contributed by atoms with van der Waals surface area (Å²) in [6.07, 6.45) is 0.981. The van der Waals surface area contributed by atoms with Crippen LogP contribution in [0.2, 0.25) is 0 Å². The molecule has 5 unspecified atom stereocenters. The normalized spacial score (nSPS) is 25.2. The van der Waals surface area contributed by atoms with Crippen molar-refractivity contribution in [2.45, 2.75) is 38.3 Å². The van der Waals surface area contributed by atoms with Crippen LogP contribution in [-0.4, -0.2) is 68.5 Å². The minimum absolute atomic E-state index is 0.176. The third-order valence-corrected chi connectivity index (χ3v) is 7.70. The summed E-state index contributed by atoms with van der Waals surface area (Å²) in [5, 5.41) is 15.6. The number of ether oxygens (including phenoxy) is 3. The van der Waals surface area contributed by atoms with Gasteiger partial charge in [-0.25, -0.2) is 18.6 Å². The third-order valence-electron chi connectivity index (χ3n) is 6.16. The summed E-state index contributed by atoms with van der Waals surface area (Å²) in [6.45, 7) is 4.06. The monoisotopic (exact) mass is 502 g/mol. The molecule has 2 aromatic carbocycles. The molecule has 186 valence electrons. The second kappa shape index (κ2) is 9.23. The molecule has 2 aliphatic heterocycles. The molecule has 0 aliphatic carbocycles. The molecule has 11 heteroatoms. The van der Waals surface area contributed by atoms with E-state index in [1.165, 1.54) is 18.5 Å². The van der Waals surface area contributed by atoms with Gasteiger partial charge in [-0.2, -0.15) is 0 Å². The van der Waals surface area contributed by atoms with E-state index in [0.717, 1.165) is 10.9 Å². The van der Waals surface area contributed by atoms with Gasteiger partial charge in [0.25, 0.3) is 0 Å². The number of rotatable bonds is 6. The average molecular weight is 503 g/mol. The molecule has 0 bridgehead atoms. The van der Waals surface area contributed by atoms with Crippen LogP contribution in [0.4, 0.5) is 21.6 Å². The van der Waals surface area contributed by atoms with E-state index in [2.05, 4.69) is 20.0 Å². The number of benzene rings is 2. The number of anilines is 3. The van der Waals surface area contributed by atoms with Gasteiger partial charge in [-0.05, 0) is 49.0 Å². The number of aliphatic hydroxyl groups is 1. The van der Waals surface area contributed by atoms with Crippen molar-refractivity contribution in [1.82, 2.24) is 9.97 Å². The molecular formula is C24H27FN4O5S. The molecule has 2 fully saturated rings. The van der Waals surface area contributed by atoms with Crippen LogP contribution in [0.3, 0.4) is 0 Å². The fourth-order valence-electron chi connectivity index (χ4n) is 4.37. The predicted molar refractivity (Wildman–Crippen MR) is 133 cm³/mol. The van der Waals surface area contributed by atoms with Crippen molar-refractivity contribution in [2.24, 2.45) is 0 Å². The molecule has 5 atom stereocenters. The Morgan fingerprint density at radius 3 is 2.80 bits per heavy atom. The molecule has 1 aromatic heterocycles. The molecule has 0 radical (unpaired) electrons. The maximum Gasteiger partial charge on any atom is 0.151 e. The van der Waals surface area contributed by atoms with Crippen LogP contribution in [-0.2, 0) is 19.2 Å². The minimum atomic E-state index is -2.32. The van der Waals surface area contributed by atoms with E-state index in [9.17, 15) is 13.7 Å². The minimum Gasteiger partial charge on any atom is -0.483 e. The zero-order chi connectivity index (χ0) is 24.7. The molecule has 3 aromatic rings. The molecular weight excluding hydrogens is 475 g/mol. The van der Waals surface area contributed by atoms with E-state index in [0.29, 0.717) is 22.7 Å². The van der Waals surface area contributed by atoms with Gasteiger partial charge in [-0.15, -0.1) is 0 Å². The van der Waals surface area contributed by atoms with Crippen molar-refractivity contribution in [3.8, 4) is 5.75 Å². The number of fused-ring (bicyclic) bond motifs is 2. The lowest BCUT2D eigenvalue weighted by Gasteiger charge is -2.21. The SMILES string of the molecule is CC=S(C)(=O)Nc1cc(C)c2c(Nc3ccc(F)cc3OC3COC4C(O)COC34)ncnc2c1. The zero-order valence-corrected chi connectivity index (χ0v) is 20.3. The van der Waals surface area contributed by atoms with Crippen molar-refractivity contribution in [2.75, 3.05) is 29.5 Å². The lowest BCUT2D eigenvalue weighted by molar-refractivity contribution is 0.00871. The van der Waals surface area contributed by atoms with Crippen LogP contribution in [0, 0.1) is 12.7 Å². The molecule has 35 heavy (non-hydrogen) atoms. The molecule has 2 aliphatic rings. The first kappa shape index (κ1) is 23.7. The lowest BCUT2D eigenvalue weighted by Crippen LogP contribution is -2.34. The maximum absolute atomic E-state index is 14.1. The molecule has 9 nitrogen and oxygen atoms in total. The summed E-state index contributed by atoms with van der Waals surface area (Å²) in [6, 6.07) is 7.88. The van der Waals surface area contributed by atoms with Gasteiger partial charge in [-0.3, -0.25) is 0 Å². The molecule has 5 rings (SSSR count). The largest absolute Gasteiger partial charge is 0.483 e. The van der Waals surface area contributed by atoms with Crippen molar-refractivity contribution in [1.29, 1.82) is 0 Å². The summed E-state index contributed by atoms with van der Waals surface area (Å²) >= 11 is 0. The number of halogens is 1. The van der Waals surface area contributed by atoms with Crippen LogP contribution in [0.25, 0.3) is 10.9 Å². The summed E-state index contributed by atoms with van der Waals surface area (Å²) in [7, 11) is -2.32. The average Bonchev–Trinajstić information content (AvgIpc) is 3.38. The first-order valence-electron chi connectivity index (χ1n) is 11.2. The van der Waals surface area contributed by atoms with Crippen LogP contribution in [0.15, 0.2) is 36.7 Å². The molecule has 0 amide bonds. The Bertz CT molecular complexity index is 1390. The third kappa shape index (κ3) is 4.76. The van der Waals surface area contributed by atoms with Crippen LogP contribution in [0.5, 0.6) is 5.75 Å². The Balaban J connectivity index is 1.46. The second-order valence-corrected chi connectivity index (χ2v) is 11.2. The van der Waals surface area contributed by atoms with Gasteiger partial charge in [0.05, 0.1) is 24.4 Å². The first-order valence-corrected chi connectivity index (χ1v) is 13.2. The van der Waals surface area contributed by atoms with Gasteiger partial charge in [0.15, 0.2) is 6.10 Å². The Morgan fingerprint density at radius 2 is 2.00 bits per heavy atom. The highest BCUT2D eigenvalue weighted by Gasteiger charge is 2.48. The van der Waals surface area contributed by atoms with Crippen LogP contribution < -0.4 is 14.8 Å². The molecule has 3 N–H and O–H groups in total.